The molecule has 0 unspecified atom stereocenters. The van der Waals surface area contributed by atoms with Crippen molar-refractivity contribution in [3.8, 4) is 0 Å². The van der Waals surface area contributed by atoms with E-state index >= 15 is 0 Å². The Bertz CT molecular complexity index is 771. The van der Waals surface area contributed by atoms with Crippen LogP contribution in [0.3, 0.4) is 0 Å². The van der Waals surface area contributed by atoms with E-state index in [1.54, 1.807) is 0 Å². The van der Waals surface area contributed by atoms with Gasteiger partial charge >= 0.3 is 18.3 Å². The number of likely N-dealkylation sites (tertiary alicyclic amines) is 1. The van der Waals surface area contributed by atoms with E-state index in [1.165, 1.54) is 6.07 Å². The smallest absolute Gasteiger partial charge is 0.475 e. The van der Waals surface area contributed by atoms with Crippen molar-refractivity contribution in [2.45, 2.75) is 37.4 Å². The summed E-state index contributed by atoms with van der Waals surface area (Å²) in [5.41, 5.74) is -1.80. The van der Waals surface area contributed by atoms with Gasteiger partial charge in [0.2, 0.25) is 0 Å². The molecule has 0 saturated carbocycles. The van der Waals surface area contributed by atoms with Gasteiger partial charge < -0.3 is 5.11 Å². The molecule has 1 N–H and O–H groups in total. The quantitative estimate of drug-likeness (QED) is 0.545. The molecule has 0 aromatic carbocycles. The van der Waals surface area contributed by atoms with E-state index in [0.29, 0.717) is 38.0 Å². The molecule has 14 heteroatoms. The summed E-state index contributed by atoms with van der Waals surface area (Å²) in [4.78, 5) is 14.4. The summed E-state index contributed by atoms with van der Waals surface area (Å²) in [6.07, 6.45) is -7.81. The predicted octanol–water partition coefficient (Wildman–Crippen LogP) is 4.44. The molecule has 0 amide bonds. The number of alkyl halides is 6. The van der Waals surface area contributed by atoms with Gasteiger partial charge in [0.05, 0.1) is 6.20 Å². The van der Waals surface area contributed by atoms with Crippen LogP contribution in [0.1, 0.15) is 18.4 Å². The lowest BCUT2D eigenvalue weighted by Crippen LogP contribution is -2.45. The molecular weight excluding hydrogens is 437 g/mol. The maximum atomic E-state index is 13.6. The Balaban J connectivity index is 0.000000370. The van der Waals surface area contributed by atoms with Crippen LogP contribution in [0.2, 0.25) is 5.15 Å². The van der Waals surface area contributed by atoms with E-state index in [2.05, 4.69) is 15.2 Å². The van der Waals surface area contributed by atoms with Gasteiger partial charge in [-0.05, 0) is 32.0 Å². The number of pyridine rings is 1. The molecular formula is C15H14ClF7N4O2. The minimum atomic E-state index is -5.08. The summed E-state index contributed by atoms with van der Waals surface area (Å²) >= 11 is 5.73. The summed E-state index contributed by atoms with van der Waals surface area (Å²) in [5, 5.41) is 13.8. The zero-order valence-corrected chi connectivity index (χ0v) is 15.2. The molecule has 0 spiro atoms. The number of hydrogen-bond acceptors (Lipinski definition) is 5. The molecule has 1 aromatic heterocycles. The highest BCUT2D eigenvalue weighted by molar-refractivity contribution is 6.29. The average Bonchev–Trinajstić information content (AvgIpc) is 3.40. The van der Waals surface area contributed by atoms with Crippen molar-refractivity contribution in [1.82, 2.24) is 9.88 Å². The van der Waals surface area contributed by atoms with Gasteiger partial charge in [-0.2, -0.15) is 26.3 Å². The van der Waals surface area contributed by atoms with E-state index in [1.807, 2.05) is 4.90 Å². The molecule has 3 rings (SSSR count). The largest absolute Gasteiger partial charge is 0.490 e. The Labute approximate surface area is 164 Å². The highest BCUT2D eigenvalue weighted by Crippen LogP contribution is 2.52. The molecule has 0 radical (unpaired) electrons. The van der Waals surface area contributed by atoms with Gasteiger partial charge in [-0.3, -0.25) is 4.90 Å². The van der Waals surface area contributed by atoms with Crippen molar-refractivity contribution in [1.29, 1.82) is 0 Å². The Morgan fingerprint density at radius 1 is 1.21 bits per heavy atom. The molecule has 1 saturated heterocycles. The molecule has 0 bridgehead atoms. The van der Waals surface area contributed by atoms with Gasteiger partial charge in [-0.25, -0.2) is 14.2 Å². The number of hydrogen-bond donors (Lipinski definition) is 1. The van der Waals surface area contributed by atoms with E-state index in [-0.39, 0.29) is 5.15 Å². The fraction of sp³-hybridized carbons (Fsp3) is 0.600. The van der Waals surface area contributed by atoms with Crippen LogP contribution in [-0.2, 0) is 11.3 Å². The van der Waals surface area contributed by atoms with Gasteiger partial charge in [0.1, 0.15) is 11.0 Å². The van der Waals surface area contributed by atoms with E-state index in [9.17, 15) is 30.7 Å². The highest BCUT2D eigenvalue weighted by atomic mass is 35.5. The lowest BCUT2D eigenvalue weighted by molar-refractivity contribution is -0.192. The van der Waals surface area contributed by atoms with Crippen molar-refractivity contribution in [2.24, 2.45) is 16.1 Å². The van der Waals surface area contributed by atoms with E-state index in [4.69, 9.17) is 21.5 Å². The number of aliphatic carboxylic acids is 1. The van der Waals surface area contributed by atoms with E-state index < -0.39 is 35.7 Å². The first-order valence-corrected chi connectivity index (χ1v) is 8.47. The number of nitrogens with zero attached hydrogens (tertiary/aromatic N) is 4. The summed E-state index contributed by atoms with van der Waals surface area (Å²) in [5.74, 6) is -3.85. The number of rotatable bonds is 3. The Hall–Kier alpha value is -2.02. The number of aromatic nitrogens is 1. The molecule has 29 heavy (non-hydrogen) atoms. The van der Waals surface area contributed by atoms with Crippen molar-refractivity contribution in [3.05, 3.63) is 28.8 Å². The van der Waals surface area contributed by atoms with Crippen LogP contribution in [0.4, 0.5) is 30.7 Å². The number of carbonyl (C=O) groups is 1. The average molecular weight is 451 g/mol. The van der Waals surface area contributed by atoms with E-state index in [0.717, 1.165) is 6.20 Å². The number of piperidine rings is 1. The first kappa shape index (κ1) is 23.3. The van der Waals surface area contributed by atoms with Crippen LogP contribution in [0.15, 0.2) is 22.5 Å². The van der Waals surface area contributed by atoms with Crippen LogP contribution in [0, 0.1) is 11.7 Å². The number of carboxylic acids is 1. The fourth-order valence-corrected chi connectivity index (χ4v) is 3.05. The van der Waals surface area contributed by atoms with Crippen LogP contribution < -0.4 is 0 Å². The second-order valence-electron chi connectivity index (χ2n) is 6.38. The van der Waals surface area contributed by atoms with Gasteiger partial charge in [0.15, 0.2) is 0 Å². The Kier molecular flexibility index (Phi) is 6.72. The molecule has 0 atom stereocenters. The van der Waals surface area contributed by atoms with Crippen LogP contribution >= 0.6 is 11.6 Å². The molecule has 3 heterocycles. The fourth-order valence-electron chi connectivity index (χ4n) is 2.87. The number of carboxylic acid groups (broad SMARTS) is 1. The van der Waals surface area contributed by atoms with Crippen molar-refractivity contribution in [2.75, 3.05) is 13.1 Å². The molecule has 0 aliphatic carbocycles. The lowest BCUT2D eigenvalue weighted by Gasteiger charge is -2.34. The summed E-state index contributed by atoms with van der Waals surface area (Å²) in [6, 6.07) is 1.44. The van der Waals surface area contributed by atoms with Crippen molar-refractivity contribution in [3.63, 3.8) is 0 Å². The summed E-state index contributed by atoms with van der Waals surface area (Å²) in [6.45, 7) is 1.17. The Morgan fingerprint density at radius 3 is 2.14 bits per heavy atom. The normalized spacial score (nSPS) is 19.4. The molecule has 2 aliphatic rings. The Morgan fingerprint density at radius 2 is 1.72 bits per heavy atom. The standard InChI is InChI=1S/C13H13ClF4N4.C2HF3O2/c14-11-5-8(10(15)6-19-11)7-22-3-1-9(2-4-22)12(20-21-12)13(16,17)18;3-2(4,5)1(6)7/h5-6,9H,1-4,7H2;(H,6,7). The van der Waals surface area contributed by atoms with Crippen molar-refractivity contribution < 1.29 is 40.6 Å². The second kappa shape index (κ2) is 8.38. The first-order valence-electron chi connectivity index (χ1n) is 8.09. The van der Waals surface area contributed by atoms with Gasteiger partial charge in [-0.1, -0.05) is 11.6 Å². The van der Waals surface area contributed by atoms with Crippen LogP contribution in [0.25, 0.3) is 0 Å². The topological polar surface area (TPSA) is 78.2 Å². The predicted molar refractivity (Wildman–Crippen MR) is 84.5 cm³/mol. The van der Waals surface area contributed by atoms with Crippen LogP contribution in [0.5, 0.6) is 0 Å². The highest BCUT2D eigenvalue weighted by Gasteiger charge is 2.67. The molecule has 1 aromatic rings. The van der Waals surface area contributed by atoms with Gasteiger partial charge in [-0.15, -0.1) is 10.2 Å². The first-order chi connectivity index (χ1) is 13.3. The second-order valence-corrected chi connectivity index (χ2v) is 6.76. The third-order valence-corrected chi connectivity index (χ3v) is 4.63. The molecule has 1 fully saturated rings. The molecule has 162 valence electrons. The minimum absolute atomic E-state index is 0.192. The van der Waals surface area contributed by atoms with Gasteiger partial charge in [0.25, 0.3) is 5.66 Å². The summed E-state index contributed by atoms with van der Waals surface area (Å²) < 4.78 is 84.2. The zero-order chi connectivity index (χ0) is 22.0. The summed E-state index contributed by atoms with van der Waals surface area (Å²) in [7, 11) is 0. The minimum Gasteiger partial charge on any atom is -0.475 e. The third kappa shape index (κ3) is 5.75. The third-order valence-electron chi connectivity index (χ3n) is 4.43. The van der Waals surface area contributed by atoms with Crippen LogP contribution in [-0.4, -0.2) is 52.1 Å². The maximum absolute atomic E-state index is 13.6. The number of halogens is 8. The molecule has 6 nitrogen and oxygen atoms in total. The zero-order valence-electron chi connectivity index (χ0n) is 14.4. The SMILES string of the molecule is Fc1cnc(Cl)cc1CN1CCC(C2(C(F)(F)F)N=N2)CC1.O=C(O)C(F)(F)F. The molecule has 2 aliphatic heterocycles. The lowest BCUT2D eigenvalue weighted by atomic mass is 9.86. The van der Waals surface area contributed by atoms with Crippen molar-refractivity contribution >= 4 is 17.6 Å². The maximum Gasteiger partial charge on any atom is 0.490 e. The van der Waals surface area contributed by atoms with Gasteiger partial charge in [0, 0.05) is 18.0 Å². The monoisotopic (exact) mass is 450 g/mol.